The molecule has 2 atom stereocenters. The summed E-state index contributed by atoms with van der Waals surface area (Å²) in [5, 5.41) is 10.7. The Labute approximate surface area is 113 Å². The summed E-state index contributed by atoms with van der Waals surface area (Å²) in [6, 6.07) is 6.03. The van der Waals surface area contributed by atoms with Crippen LogP contribution in [0, 0.1) is 13.8 Å². The monoisotopic (exact) mass is 257 g/mol. The molecule has 0 amide bonds. The second-order valence-corrected chi connectivity index (χ2v) is 5.36. The molecule has 0 fully saturated rings. The third-order valence-corrected chi connectivity index (χ3v) is 4.02. The summed E-state index contributed by atoms with van der Waals surface area (Å²) in [6.07, 6.45) is 4.45. The Morgan fingerprint density at radius 1 is 1.42 bits per heavy atom. The van der Waals surface area contributed by atoms with Crippen LogP contribution in [0.25, 0.3) is 0 Å². The molecular formula is C16H19NO2. The Morgan fingerprint density at radius 3 is 3.00 bits per heavy atom. The van der Waals surface area contributed by atoms with Gasteiger partial charge in [-0.3, -0.25) is 4.98 Å². The van der Waals surface area contributed by atoms with Gasteiger partial charge in [0.1, 0.15) is 11.5 Å². The maximum Gasteiger partial charge on any atom is 0.106 e. The van der Waals surface area contributed by atoms with Crippen molar-refractivity contribution >= 4 is 0 Å². The first kappa shape index (κ1) is 12.4. The molecule has 19 heavy (non-hydrogen) atoms. The highest BCUT2D eigenvalue weighted by molar-refractivity contribution is 5.32. The number of aliphatic hydroxyl groups is 1. The van der Waals surface area contributed by atoms with Crippen LogP contribution in [0.2, 0.25) is 0 Å². The molecule has 2 heterocycles. The Hall–Kier alpha value is -1.61. The summed E-state index contributed by atoms with van der Waals surface area (Å²) >= 11 is 0. The third-order valence-electron chi connectivity index (χ3n) is 4.02. The number of hydrogen-bond donors (Lipinski definition) is 1. The van der Waals surface area contributed by atoms with Gasteiger partial charge in [0.15, 0.2) is 0 Å². The third kappa shape index (κ3) is 2.19. The van der Waals surface area contributed by atoms with Crippen LogP contribution >= 0.6 is 0 Å². The highest BCUT2D eigenvalue weighted by Gasteiger charge is 2.30. The lowest BCUT2D eigenvalue weighted by Crippen LogP contribution is -2.18. The second kappa shape index (κ2) is 4.82. The zero-order chi connectivity index (χ0) is 13.4. The Kier molecular flexibility index (Phi) is 3.15. The molecule has 1 aliphatic carbocycles. The first-order valence-electron chi connectivity index (χ1n) is 6.85. The Bertz CT molecular complexity index is 588. The minimum atomic E-state index is -0.522. The van der Waals surface area contributed by atoms with E-state index >= 15 is 0 Å². The van der Waals surface area contributed by atoms with Gasteiger partial charge >= 0.3 is 0 Å². The van der Waals surface area contributed by atoms with E-state index in [1.54, 1.807) is 0 Å². The maximum absolute atomic E-state index is 10.7. The molecule has 0 radical (unpaired) electrons. The number of nitrogens with zero attached hydrogens (tertiary/aromatic N) is 1. The largest absolute Gasteiger partial charge is 0.466 e. The van der Waals surface area contributed by atoms with Crippen LogP contribution in [0.5, 0.6) is 0 Å². The average Bonchev–Trinajstić information content (AvgIpc) is 2.76. The number of pyridine rings is 1. The second-order valence-electron chi connectivity index (χ2n) is 5.36. The van der Waals surface area contributed by atoms with Crippen LogP contribution in [0.15, 0.2) is 28.8 Å². The van der Waals surface area contributed by atoms with Gasteiger partial charge in [-0.25, -0.2) is 0 Å². The van der Waals surface area contributed by atoms with Gasteiger partial charge in [-0.1, -0.05) is 6.07 Å². The predicted octanol–water partition coefficient (Wildman–Crippen LogP) is 3.44. The molecule has 3 nitrogen and oxygen atoms in total. The van der Waals surface area contributed by atoms with E-state index < -0.39 is 6.10 Å². The molecule has 0 aromatic carbocycles. The number of furan rings is 1. The lowest BCUT2D eigenvalue weighted by atomic mass is 9.81. The van der Waals surface area contributed by atoms with Crippen molar-refractivity contribution in [2.24, 2.45) is 0 Å². The van der Waals surface area contributed by atoms with Crippen molar-refractivity contribution in [1.29, 1.82) is 0 Å². The van der Waals surface area contributed by atoms with Gasteiger partial charge in [-0.05, 0) is 50.8 Å². The van der Waals surface area contributed by atoms with Gasteiger partial charge in [0.05, 0.1) is 6.10 Å². The zero-order valence-electron chi connectivity index (χ0n) is 11.4. The predicted molar refractivity (Wildman–Crippen MR) is 73.1 cm³/mol. The van der Waals surface area contributed by atoms with E-state index in [4.69, 9.17) is 4.42 Å². The maximum atomic E-state index is 10.7. The molecule has 1 N–H and O–H groups in total. The highest BCUT2D eigenvalue weighted by Crippen LogP contribution is 2.40. The van der Waals surface area contributed by atoms with Crippen LogP contribution in [0.4, 0.5) is 0 Å². The van der Waals surface area contributed by atoms with Crippen LogP contribution in [-0.4, -0.2) is 10.1 Å². The van der Waals surface area contributed by atoms with Crippen LogP contribution < -0.4 is 0 Å². The van der Waals surface area contributed by atoms with Crippen LogP contribution in [0.3, 0.4) is 0 Å². The minimum Gasteiger partial charge on any atom is -0.466 e. The molecule has 2 aromatic heterocycles. The summed E-state index contributed by atoms with van der Waals surface area (Å²) in [6.45, 7) is 3.82. The van der Waals surface area contributed by atoms with Crippen LogP contribution in [0.1, 0.15) is 53.2 Å². The van der Waals surface area contributed by atoms with Crippen molar-refractivity contribution in [2.45, 2.75) is 45.1 Å². The normalized spacial score (nSPS) is 20.1. The highest BCUT2D eigenvalue weighted by atomic mass is 16.3. The van der Waals surface area contributed by atoms with E-state index in [0.717, 1.165) is 42.0 Å². The standard InChI is InChI=1S/C16H19NO2/c1-10-9-14(11(2)19-10)16(18)13-7-3-5-12-6-4-8-17-15(12)13/h4,6,8-9,13,16,18H,3,5,7H2,1-2H3. The Balaban J connectivity index is 1.97. The molecule has 2 aromatic rings. The first-order valence-corrected chi connectivity index (χ1v) is 6.85. The van der Waals surface area contributed by atoms with Gasteiger partial charge in [-0.15, -0.1) is 0 Å². The van der Waals surface area contributed by atoms with E-state index in [2.05, 4.69) is 11.1 Å². The summed E-state index contributed by atoms with van der Waals surface area (Å²) in [4.78, 5) is 4.49. The fraction of sp³-hybridized carbons (Fsp3) is 0.438. The van der Waals surface area contributed by atoms with E-state index in [0.29, 0.717) is 0 Å². The van der Waals surface area contributed by atoms with E-state index in [1.807, 2.05) is 32.2 Å². The van der Waals surface area contributed by atoms with Gasteiger partial charge in [0.25, 0.3) is 0 Å². The smallest absolute Gasteiger partial charge is 0.106 e. The van der Waals surface area contributed by atoms with Crippen molar-refractivity contribution < 1.29 is 9.52 Å². The molecule has 3 heteroatoms. The number of rotatable bonds is 2. The molecule has 0 spiro atoms. The quantitative estimate of drug-likeness (QED) is 0.896. The summed E-state index contributed by atoms with van der Waals surface area (Å²) in [5.41, 5.74) is 3.23. The van der Waals surface area contributed by atoms with Crippen molar-refractivity contribution in [3.8, 4) is 0 Å². The molecule has 3 rings (SSSR count). The van der Waals surface area contributed by atoms with Gasteiger partial charge < -0.3 is 9.52 Å². The lowest BCUT2D eigenvalue weighted by Gasteiger charge is -2.28. The molecule has 2 unspecified atom stereocenters. The molecule has 0 bridgehead atoms. The van der Waals surface area contributed by atoms with E-state index in [1.165, 1.54) is 5.56 Å². The fourth-order valence-corrected chi connectivity index (χ4v) is 3.11. The van der Waals surface area contributed by atoms with Gasteiger partial charge in [0.2, 0.25) is 0 Å². The van der Waals surface area contributed by atoms with Gasteiger partial charge in [-0.2, -0.15) is 0 Å². The Morgan fingerprint density at radius 2 is 2.26 bits per heavy atom. The van der Waals surface area contributed by atoms with E-state index in [9.17, 15) is 5.11 Å². The molecule has 0 saturated heterocycles. The molecule has 0 saturated carbocycles. The molecule has 0 aliphatic heterocycles. The van der Waals surface area contributed by atoms with Gasteiger partial charge in [0, 0.05) is 23.4 Å². The lowest BCUT2D eigenvalue weighted by molar-refractivity contribution is 0.132. The fourth-order valence-electron chi connectivity index (χ4n) is 3.11. The molecule has 100 valence electrons. The first-order chi connectivity index (χ1) is 9.16. The summed E-state index contributed by atoms with van der Waals surface area (Å²) in [7, 11) is 0. The van der Waals surface area contributed by atoms with Crippen molar-refractivity contribution in [2.75, 3.05) is 0 Å². The number of hydrogen-bond acceptors (Lipinski definition) is 3. The number of aryl methyl sites for hydroxylation is 3. The van der Waals surface area contributed by atoms with Crippen molar-refractivity contribution in [1.82, 2.24) is 4.98 Å². The minimum absolute atomic E-state index is 0.0839. The average molecular weight is 257 g/mol. The summed E-state index contributed by atoms with van der Waals surface area (Å²) in [5.74, 6) is 1.75. The molecular weight excluding hydrogens is 238 g/mol. The van der Waals surface area contributed by atoms with Crippen LogP contribution in [-0.2, 0) is 6.42 Å². The SMILES string of the molecule is Cc1cc(C(O)C2CCCc3cccnc32)c(C)o1. The number of aromatic nitrogens is 1. The van der Waals surface area contributed by atoms with E-state index in [-0.39, 0.29) is 5.92 Å². The number of aliphatic hydroxyl groups excluding tert-OH is 1. The molecule has 1 aliphatic rings. The zero-order valence-corrected chi connectivity index (χ0v) is 11.4. The number of fused-ring (bicyclic) bond motifs is 1. The van der Waals surface area contributed by atoms with Crippen molar-refractivity contribution in [3.63, 3.8) is 0 Å². The van der Waals surface area contributed by atoms with Crippen molar-refractivity contribution in [3.05, 3.63) is 52.7 Å². The summed E-state index contributed by atoms with van der Waals surface area (Å²) < 4.78 is 5.53. The topological polar surface area (TPSA) is 46.3 Å².